The quantitative estimate of drug-likeness (QED) is 0.860. The molecule has 0 aliphatic heterocycles. The van der Waals surface area contributed by atoms with Gasteiger partial charge in [0.1, 0.15) is 11.6 Å². The van der Waals surface area contributed by atoms with E-state index in [0.717, 1.165) is 24.5 Å². The van der Waals surface area contributed by atoms with Gasteiger partial charge in [0.15, 0.2) is 0 Å². The highest BCUT2D eigenvalue weighted by Crippen LogP contribution is 2.21. The number of carbonyl (C=O) groups excluding carboxylic acids is 1. The van der Waals surface area contributed by atoms with E-state index in [1.54, 1.807) is 31.3 Å². The number of rotatable bonds is 6. The lowest BCUT2D eigenvalue weighted by Crippen LogP contribution is -2.24. The summed E-state index contributed by atoms with van der Waals surface area (Å²) >= 11 is 0. The van der Waals surface area contributed by atoms with Gasteiger partial charge in [-0.15, -0.1) is 0 Å². The number of pyridine rings is 1. The molecule has 0 spiro atoms. The zero-order valence-corrected chi connectivity index (χ0v) is 13.8. The second-order valence-electron chi connectivity index (χ2n) is 5.35. The Morgan fingerprint density at radius 1 is 1.22 bits per heavy atom. The molecular formula is C18H23N3O2. The van der Waals surface area contributed by atoms with Crippen LogP contribution in [-0.2, 0) is 6.54 Å². The summed E-state index contributed by atoms with van der Waals surface area (Å²) in [5, 5.41) is 12.7. The van der Waals surface area contributed by atoms with Gasteiger partial charge in [0.25, 0.3) is 5.91 Å². The summed E-state index contributed by atoms with van der Waals surface area (Å²) in [5.41, 5.74) is 1.89. The molecule has 0 fully saturated rings. The minimum atomic E-state index is -0.293. The van der Waals surface area contributed by atoms with Crippen molar-refractivity contribution in [2.24, 2.45) is 0 Å². The van der Waals surface area contributed by atoms with E-state index in [4.69, 9.17) is 0 Å². The minimum absolute atomic E-state index is 0.0278. The molecule has 5 heteroatoms. The van der Waals surface area contributed by atoms with Gasteiger partial charge >= 0.3 is 0 Å². The Balaban J connectivity index is 2.00. The Hall–Kier alpha value is -2.56. The van der Waals surface area contributed by atoms with Crippen LogP contribution in [0.25, 0.3) is 0 Å². The molecule has 0 saturated carbocycles. The van der Waals surface area contributed by atoms with Gasteiger partial charge in [-0.1, -0.05) is 18.2 Å². The molecule has 0 saturated heterocycles. The molecule has 1 aromatic carbocycles. The lowest BCUT2D eigenvalue weighted by Gasteiger charge is -2.19. The van der Waals surface area contributed by atoms with Crippen LogP contribution >= 0.6 is 0 Å². The molecule has 23 heavy (non-hydrogen) atoms. The van der Waals surface area contributed by atoms with Crippen LogP contribution in [0.1, 0.15) is 35.3 Å². The third-order valence-electron chi connectivity index (χ3n) is 3.83. The summed E-state index contributed by atoms with van der Waals surface area (Å²) in [6, 6.07) is 9.04. The van der Waals surface area contributed by atoms with E-state index in [1.807, 2.05) is 12.1 Å². The normalized spacial score (nSPS) is 10.4. The van der Waals surface area contributed by atoms with Crippen molar-refractivity contribution >= 4 is 11.7 Å². The Morgan fingerprint density at radius 2 is 1.96 bits per heavy atom. The van der Waals surface area contributed by atoms with Gasteiger partial charge in [-0.25, -0.2) is 4.98 Å². The number of phenols is 1. The Labute approximate surface area is 137 Å². The number of hydrogen-bond donors (Lipinski definition) is 2. The maximum Gasteiger partial charge on any atom is 0.255 e. The molecule has 2 aromatic rings. The molecule has 1 aromatic heterocycles. The van der Waals surface area contributed by atoms with Crippen molar-refractivity contribution in [3.8, 4) is 5.75 Å². The predicted octanol–water partition coefficient (Wildman–Crippen LogP) is 2.87. The van der Waals surface area contributed by atoms with Crippen LogP contribution in [0.2, 0.25) is 0 Å². The fourth-order valence-corrected chi connectivity index (χ4v) is 2.38. The Morgan fingerprint density at radius 3 is 2.57 bits per heavy atom. The van der Waals surface area contributed by atoms with Crippen molar-refractivity contribution in [3.05, 3.63) is 53.2 Å². The number of nitrogens with zero attached hydrogens (tertiary/aromatic N) is 2. The highest BCUT2D eigenvalue weighted by Gasteiger charge is 2.12. The number of para-hydroxylation sites is 1. The monoisotopic (exact) mass is 313 g/mol. The third kappa shape index (κ3) is 4.00. The van der Waals surface area contributed by atoms with E-state index in [9.17, 15) is 9.90 Å². The van der Waals surface area contributed by atoms with Crippen LogP contribution < -0.4 is 10.2 Å². The molecule has 2 N–H and O–H groups in total. The molecule has 122 valence electrons. The standard InChI is InChI=1S/C18H23N3O2/c1-4-21(5-2)16-10-9-14(11-19-16)12-20-18(23)15-8-6-7-13(3)17(15)22/h6-11,22H,4-5,12H2,1-3H3,(H,20,23). The van der Waals surface area contributed by atoms with Crippen LogP contribution in [-0.4, -0.2) is 29.1 Å². The molecule has 1 heterocycles. The van der Waals surface area contributed by atoms with Crippen LogP contribution in [0, 0.1) is 6.92 Å². The number of aromatic hydroxyl groups is 1. The number of carbonyl (C=O) groups is 1. The van der Waals surface area contributed by atoms with Crippen molar-refractivity contribution in [1.29, 1.82) is 0 Å². The zero-order valence-electron chi connectivity index (χ0n) is 13.8. The maximum absolute atomic E-state index is 12.2. The number of amides is 1. The molecule has 0 radical (unpaired) electrons. The highest BCUT2D eigenvalue weighted by atomic mass is 16.3. The van der Waals surface area contributed by atoms with Crippen LogP contribution in [0.15, 0.2) is 36.5 Å². The Bertz CT molecular complexity index is 664. The summed E-state index contributed by atoms with van der Waals surface area (Å²) in [7, 11) is 0. The van der Waals surface area contributed by atoms with Gasteiger partial charge in [-0.05, 0) is 44.0 Å². The van der Waals surface area contributed by atoms with E-state index < -0.39 is 0 Å². The molecule has 0 aliphatic carbocycles. The first kappa shape index (κ1) is 16.8. The lowest BCUT2D eigenvalue weighted by atomic mass is 10.1. The first-order chi connectivity index (χ1) is 11.1. The summed E-state index contributed by atoms with van der Waals surface area (Å²) in [6.45, 7) is 8.14. The topological polar surface area (TPSA) is 65.5 Å². The number of phenolic OH excluding ortho intramolecular Hbond substituents is 1. The first-order valence-corrected chi connectivity index (χ1v) is 7.83. The van der Waals surface area contributed by atoms with Crippen molar-refractivity contribution in [1.82, 2.24) is 10.3 Å². The molecule has 0 aliphatic rings. The van der Waals surface area contributed by atoms with Crippen molar-refractivity contribution < 1.29 is 9.90 Å². The minimum Gasteiger partial charge on any atom is -0.507 e. The van der Waals surface area contributed by atoms with E-state index in [2.05, 4.69) is 29.0 Å². The average Bonchev–Trinajstić information content (AvgIpc) is 2.57. The lowest BCUT2D eigenvalue weighted by molar-refractivity contribution is 0.0948. The highest BCUT2D eigenvalue weighted by molar-refractivity contribution is 5.97. The summed E-state index contributed by atoms with van der Waals surface area (Å²) in [6.07, 6.45) is 1.77. The van der Waals surface area contributed by atoms with Gasteiger partial charge in [0.05, 0.1) is 5.56 Å². The second-order valence-corrected chi connectivity index (χ2v) is 5.35. The van der Waals surface area contributed by atoms with Crippen molar-refractivity contribution in [2.45, 2.75) is 27.3 Å². The van der Waals surface area contributed by atoms with Gasteiger partial charge in [-0.3, -0.25) is 4.79 Å². The van der Waals surface area contributed by atoms with Gasteiger partial charge in [0, 0.05) is 25.8 Å². The summed E-state index contributed by atoms with van der Waals surface area (Å²) in [4.78, 5) is 18.7. The van der Waals surface area contributed by atoms with Crippen molar-refractivity contribution in [2.75, 3.05) is 18.0 Å². The molecule has 5 nitrogen and oxygen atoms in total. The summed E-state index contributed by atoms with van der Waals surface area (Å²) < 4.78 is 0. The molecule has 0 unspecified atom stereocenters. The van der Waals surface area contributed by atoms with Gasteiger partial charge < -0.3 is 15.3 Å². The largest absolute Gasteiger partial charge is 0.507 e. The van der Waals surface area contributed by atoms with E-state index in [0.29, 0.717) is 12.1 Å². The predicted molar refractivity (Wildman–Crippen MR) is 91.8 cm³/mol. The maximum atomic E-state index is 12.2. The number of nitrogens with one attached hydrogen (secondary N) is 1. The third-order valence-corrected chi connectivity index (χ3v) is 3.83. The molecule has 0 bridgehead atoms. The zero-order chi connectivity index (χ0) is 16.8. The number of anilines is 1. The number of benzene rings is 1. The number of hydrogen-bond acceptors (Lipinski definition) is 4. The molecule has 2 rings (SSSR count). The fraction of sp³-hybridized carbons (Fsp3) is 0.333. The van der Waals surface area contributed by atoms with E-state index in [-0.39, 0.29) is 17.2 Å². The fourth-order valence-electron chi connectivity index (χ4n) is 2.38. The number of aryl methyl sites for hydroxylation is 1. The smallest absolute Gasteiger partial charge is 0.255 e. The molecule has 0 atom stereocenters. The number of aromatic nitrogens is 1. The second kappa shape index (κ2) is 7.63. The SMILES string of the molecule is CCN(CC)c1ccc(CNC(=O)c2cccc(C)c2O)cn1. The van der Waals surface area contributed by atoms with Crippen LogP contribution in [0.5, 0.6) is 5.75 Å². The van der Waals surface area contributed by atoms with Gasteiger partial charge in [0.2, 0.25) is 0 Å². The molecular weight excluding hydrogens is 290 g/mol. The van der Waals surface area contributed by atoms with Crippen LogP contribution in [0.4, 0.5) is 5.82 Å². The molecule has 1 amide bonds. The van der Waals surface area contributed by atoms with Crippen LogP contribution in [0.3, 0.4) is 0 Å². The summed E-state index contributed by atoms with van der Waals surface area (Å²) in [5.74, 6) is 0.667. The van der Waals surface area contributed by atoms with E-state index >= 15 is 0 Å². The van der Waals surface area contributed by atoms with Crippen molar-refractivity contribution in [3.63, 3.8) is 0 Å². The average molecular weight is 313 g/mol. The first-order valence-electron chi connectivity index (χ1n) is 7.83. The Kier molecular flexibility index (Phi) is 5.57. The van der Waals surface area contributed by atoms with Gasteiger partial charge in [-0.2, -0.15) is 0 Å². The van der Waals surface area contributed by atoms with E-state index in [1.165, 1.54) is 0 Å².